The zero-order valence-electron chi connectivity index (χ0n) is 15.0. The lowest BCUT2D eigenvalue weighted by Crippen LogP contribution is -2.53. The highest BCUT2D eigenvalue weighted by molar-refractivity contribution is 5.80. The van der Waals surface area contributed by atoms with Crippen molar-refractivity contribution in [2.75, 3.05) is 39.3 Å². The van der Waals surface area contributed by atoms with Gasteiger partial charge < -0.3 is 24.3 Å². The topological polar surface area (TPSA) is 83.2 Å². The van der Waals surface area contributed by atoms with Crippen molar-refractivity contribution >= 4 is 12.1 Å². The van der Waals surface area contributed by atoms with E-state index in [1.807, 2.05) is 27.7 Å². The van der Waals surface area contributed by atoms with Crippen molar-refractivity contribution in [2.45, 2.75) is 34.2 Å². The van der Waals surface area contributed by atoms with E-state index in [9.17, 15) is 4.79 Å². The molecule has 1 aromatic heterocycles. The van der Waals surface area contributed by atoms with E-state index in [1.165, 1.54) is 0 Å². The molecular weight excluding hydrogens is 310 g/mol. The molecule has 1 aliphatic heterocycles. The van der Waals surface area contributed by atoms with E-state index in [1.54, 1.807) is 4.90 Å². The quantitative estimate of drug-likeness (QED) is 0.663. The van der Waals surface area contributed by atoms with E-state index < -0.39 is 0 Å². The van der Waals surface area contributed by atoms with Gasteiger partial charge in [-0.3, -0.25) is 0 Å². The molecule has 1 N–H and O–H groups in total. The largest absolute Gasteiger partial charge is 0.450 e. The molecule has 134 valence electrons. The maximum atomic E-state index is 11.8. The number of amides is 1. The molecule has 0 aliphatic carbocycles. The van der Waals surface area contributed by atoms with Crippen LogP contribution in [0.4, 0.5) is 4.79 Å². The first-order valence-electron chi connectivity index (χ1n) is 8.43. The molecule has 2 rings (SSSR count). The van der Waals surface area contributed by atoms with Crippen LogP contribution in [0.3, 0.4) is 0 Å². The van der Waals surface area contributed by atoms with Crippen molar-refractivity contribution in [2.24, 2.45) is 4.99 Å². The molecule has 1 aromatic rings. The second-order valence-electron chi connectivity index (χ2n) is 5.59. The third-order valence-corrected chi connectivity index (χ3v) is 3.88. The Balaban J connectivity index is 1.95. The van der Waals surface area contributed by atoms with Crippen LogP contribution in [0.25, 0.3) is 0 Å². The number of oxazole rings is 1. The lowest BCUT2D eigenvalue weighted by atomic mass is 10.3. The fourth-order valence-corrected chi connectivity index (χ4v) is 2.49. The molecule has 1 amide bonds. The summed E-state index contributed by atoms with van der Waals surface area (Å²) >= 11 is 0. The highest BCUT2D eigenvalue weighted by atomic mass is 16.6. The SMILES string of the molecule is CCNC(=NCc1nc(C)c(C)o1)N1CCN(C(=O)OCC)CC1. The molecule has 0 bridgehead atoms. The second kappa shape index (κ2) is 8.56. The van der Waals surface area contributed by atoms with Crippen LogP contribution in [0.15, 0.2) is 9.41 Å². The maximum absolute atomic E-state index is 11.8. The van der Waals surface area contributed by atoms with Crippen LogP contribution in [-0.2, 0) is 11.3 Å². The van der Waals surface area contributed by atoms with E-state index in [2.05, 4.69) is 20.2 Å². The second-order valence-corrected chi connectivity index (χ2v) is 5.59. The van der Waals surface area contributed by atoms with Gasteiger partial charge in [-0.1, -0.05) is 0 Å². The fourth-order valence-electron chi connectivity index (χ4n) is 2.49. The molecule has 0 unspecified atom stereocenters. The molecule has 1 saturated heterocycles. The molecule has 1 fully saturated rings. The van der Waals surface area contributed by atoms with Crippen LogP contribution in [0.2, 0.25) is 0 Å². The lowest BCUT2D eigenvalue weighted by Gasteiger charge is -2.35. The number of nitrogens with zero attached hydrogens (tertiary/aromatic N) is 4. The minimum absolute atomic E-state index is 0.246. The van der Waals surface area contributed by atoms with Crippen molar-refractivity contribution in [3.63, 3.8) is 0 Å². The van der Waals surface area contributed by atoms with E-state index in [0.29, 0.717) is 45.2 Å². The summed E-state index contributed by atoms with van der Waals surface area (Å²) in [5.74, 6) is 2.26. The van der Waals surface area contributed by atoms with Gasteiger partial charge in [0.05, 0.1) is 12.3 Å². The van der Waals surface area contributed by atoms with Gasteiger partial charge >= 0.3 is 6.09 Å². The fraction of sp³-hybridized carbons (Fsp3) is 0.688. The number of aryl methyl sites for hydroxylation is 2. The van der Waals surface area contributed by atoms with Gasteiger partial charge in [0, 0.05) is 32.7 Å². The third-order valence-electron chi connectivity index (χ3n) is 3.88. The van der Waals surface area contributed by atoms with Gasteiger partial charge in [-0.2, -0.15) is 0 Å². The van der Waals surface area contributed by atoms with E-state index in [4.69, 9.17) is 9.15 Å². The number of guanidine groups is 1. The van der Waals surface area contributed by atoms with Crippen molar-refractivity contribution in [1.82, 2.24) is 20.1 Å². The summed E-state index contributed by atoms with van der Waals surface area (Å²) < 4.78 is 10.6. The van der Waals surface area contributed by atoms with Crippen LogP contribution in [0.1, 0.15) is 31.2 Å². The normalized spacial score (nSPS) is 15.6. The zero-order chi connectivity index (χ0) is 17.5. The molecule has 1 aliphatic rings. The van der Waals surface area contributed by atoms with E-state index in [-0.39, 0.29) is 6.09 Å². The zero-order valence-corrected chi connectivity index (χ0v) is 15.0. The Bertz CT molecular complexity index is 557. The highest BCUT2D eigenvalue weighted by Crippen LogP contribution is 2.10. The number of rotatable bonds is 4. The smallest absolute Gasteiger partial charge is 0.409 e. The first-order valence-corrected chi connectivity index (χ1v) is 8.43. The molecule has 0 radical (unpaired) electrons. The third kappa shape index (κ3) is 4.62. The average molecular weight is 337 g/mol. The van der Waals surface area contributed by atoms with Gasteiger partial charge in [0.2, 0.25) is 5.89 Å². The van der Waals surface area contributed by atoms with Gasteiger partial charge in [-0.05, 0) is 27.7 Å². The summed E-state index contributed by atoms with van der Waals surface area (Å²) in [6.45, 7) is 11.9. The number of aromatic nitrogens is 1. The number of ether oxygens (including phenoxy) is 1. The summed E-state index contributed by atoms with van der Waals surface area (Å²) in [4.78, 5) is 24.6. The molecule has 0 spiro atoms. The van der Waals surface area contributed by atoms with Crippen molar-refractivity contribution < 1.29 is 13.9 Å². The minimum atomic E-state index is -0.246. The number of carbonyl (C=O) groups is 1. The molecule has 8 nitrogen and oxygen atoms in total. The number of carbonyl (C=O) groups excluding carboxylic acids is 1. The predicted octanol–water partition coefficient (Wildman–Crippen LogP) is 1.53. The summed E-state index contributed by atoms with van der Waals surface area (Å²) in [7, 11) is 0. The summed E-state index contributed by atoms with van der Waals surface area (Å²) in [6, 6.07) is 0. The number of piperazine rings is 1. The first-order chi connectivity index (χ1) is 11.5. The van der Waals surface area contributed by atoms with Gasteiger partial charge in [0.15, 0.2) is 5.96 Å². The molecule has 0 saturated carbocycles. The molecule has 24 heavy (non-hydrogen) atoms. The highest BCUT2D eigenvalue weighted by Gasteiger charge is 2.23. The van der Waals surface area contributed by atoms with Gasteiger partial charge in [-0.25, -0.2) is 14.8 Å². The van der Waals surface area contributed by atoms with Gasteiger partial charge in [0.25, 0.3) is 0 Å². The Morgan fingerprint density at radius 1 is 1.25 bits per heavy atom. The van der Waals surface area contributed by atoms with Crippen molar-refractivity contribution in [3.05, 3.63) is 17.3 Å². The predicted molar refractivity (Wildman–Crippen MR) is 91.0 cm³/mol. The molecule has 0 atom stereocenters. The Labute approximate surface area is 142 Å². The first kappa shape index (κ1) is 18.1. The van der Waals surface area contributed by atoms with Gasteiger partial charge in [0.1, 0.15) is 12.3 Å². The Morgan fingerprint density at radius 3 is 2.46 bits per heavy atom. The van der Waals surface area contributed by atoms with Crippen LogP contribution in [-0.4, -0.2) is 66.2 Å². The van der Waals surface area contributed by atoms with Crippen LogP contribution in [0, 0.1) is 13.8 Å². The number of hydrogen-bond donors (Lipinski definition) is 1. The molecule has 8 heteroatoms. The van der Waals surface area contributed by atoms with Crippen LogP contribution < -0.4 is 5.32 Å². The van der Waals surface area contributed by atoms with Crippen molar-refractivity contribution in [1.29, 1.82) is 0 Å². The van der Waals surface area contributed by atoms with Crippen LogP contribution >= 0.6 is 0 Å². The minimum Gasteiger partial charge on any atom is -0.450 e. The summed E-state index contributed by atoms with van der Waals surface area (Å²) in [5, 5.41) is 3.28. The Kier molecular flexibility index (Phi) is 6.45. The van der Waals surface area contributed by atoms with Crippen molar-refractivity contribution in [3.8, 4) is 0 Å². The Hall–Kier alpha value is -2.25. The molecule has 0 aromatic carbocycles. The number of hydrogen-bond acceptors (Lipinski definition) is 5. The number of aliphatic imine (C=N–C) groups is 1. The van der Waals surface area contributed by atoms with E-state index >= 15 is 0 Å². The summed E-state index contributed by atoms with van der Waals surface area (Å²) in [5.41, 5.74) is 0.897. The van der Waals surface area contributed by atoms with Crippen LogP contribution in [0.5, 0.6) is 0 Å². The number of nitrogens with one attached hydrogen (secondary N) is 1. The molecule has 2 heterocycles. The molecular formula is C16H27N5O3. The standard InChI is InChI=1S/C16H27N5O3/c1-5-17-15(18-11-14-19-12(3)13(4)24-14)20-7-9-21(10-8-20)16(22)23-6-2/h5-11H2,1-4H3,(H,17,18). The monoisotopic (exact) mass is 337 g/mol. The Morgan fingerprint density at radius 2 is 1.92 bits per heavy atom. The van der Waals surface area contributed by atoms with E-state index in [0.717, 1.165) is 24.0 Å². The van der Waals surface area contributed by atoms with Gasteiger partial charge in [-0.15, -0.1) is 0 Å². The summed E-state index contributed by atoms with van der Waals surface area (Å²) in [6.07, 6.45) is -0.246. The maximum Gasteiger partial charge on any atom is 0.409 e. The average Bonchev–Trinajstić information content (AvgIpc) is 2.90. The lowest BCUT2D eigenvalue weighted by molar-refractivity contribution is 0.0914.